The molecule has 0 fully saturated rings. The van der Waals surface area contributed by atoms with Gasteiger partial charge < -0.3 is 5.32 Å². The van der Waals surface area contributed by atoms with Crippen LogP contribution < -0.4 is 5.32 Å². The first-order valence-corrected chi connectivity index (χ1v) is 7.29. The molecule has 0 saturated heterocycles. The number of aryl methyl sites for hydroxylation is 2. The van der Waals surface area contributed by atoms with Gasteiger partial charge in [0.25, 0.3) is 0 Å². The van der Waals surface area contributed by atoms with Gasteiger partial charge in [-0.15, -0.1) is 11.3 Å². The molecule has 0 unspecified atom stereocenters. The summed E-state index contributed by atoms with van der Waals surface area (Å²) in [6.07, 6.45) is 2.09. The number of hydrogen-bond donors (Lipinski definition) is 1. The van der Waals surface area contributed by atoms with E-state index < -0.39 is 0 Å². The van der Waals surface area contributed by atoms with Crippen molar-refractivity contribution in [2.45, 2.75) is 26.9 Å². The molecule has 3 aromatic rings. The van der Waals surface area contributed by atoms with E-state index in [2.05, 4.69) is 64.4 Å². The maximum absolute atomic E-state index is 4.55. The zero-order valence-electron chi connectivity index (χ0n) is 11.2. The third kappa shape index (κ3) is 2.55. The highest BCUT2D eigenvalue weighted by Crippen LogP contribution is 2.16. The summed E-state index contributed by atoms with van der Waals surface area (Å²) in [7, 11) is 0. The number of imidazole rings is 1. The standard InChI is InChI=1S/C15H17N3S/c1-11-3-5-13(6-4-11)9-16-10-14-12(2)17-15-18(14)7-8-19-15/h3-8,16H,9-10H2,1-2H3. The largest absolute Gasteiger partial charge is 0.307 e. The lowest BCUT2D eigenvalue weighted by molar-refractivity contribution is 0.672. The van der Waals surface area contributed by atoms with Crippen molar-refractivity contribution in [3.8, 4) is 0 Å². The summed E-state index contributed by atoms with van der Waals surface area (Å²) in [6.45, 7) is 5.91. The van der Waals surface area contributed by atoms with Crippen LogP contribution in [0.3, 0.4) is 0 Å². The lowest BCUT2D eigenvalue weighted by Gasteiger charge is -2.05. The summed E-state index contributed by atoms with van der Waals surface area (Å²) in [5.74, 6) is 0. The molecule has 0 radical (unpaired) electrons. The topological polar surface area (TPSA) is 29.3 Å². The van der Waals surface area contributed by atoms with Gasteiger partial charge in [-0.2, -0.15) is 0 Å². The smallest absolute Gasteiger partial charge is 0.194 e. The molecule has 0 aliphatic heterocycles. The van der Waals surface area contributed by atoms with Crippen LogP contribution in [0.2, 0.25) is 0 Å². The van der Waals surface area contributed by atoms with Crippen LogP contribution in [0.4, 0.5) is 0 Å². The van der Waals surface area contributed by atoms with Gasteiger partial charge in [0.15, 0.2) is 4.96 Å². The SMILES string of the molecule is Cc1ccc(CNCc2c(C)nc3sccn23)cc1. The lowest BCUT2D eigenvalue weighted by Crippen LogP contribution is -2.14. The molecule has 0 aliphatic carbocycles. The van der Waals surface area contributed by atoms with Gasteiger partial charge in [0.1, 0.15) is 0 Å². The van der Waals surface area contributed by atoms with Gasteiger partial charge in [-0.25, -0.2) is 4.98 Å². The van der Waals surface area contributed by atoms with E-state index in [0.29, 0.717) is 0 Å². The third-order valence-corrected chi connectivity index (χ3v) is 4.06. The second-order valence-electron chi connectivity index (χ2n) is 4.79. The zero-order chi connectivity index (χ0) is 13.2. The van der Waals surface area contributed by atoms with Gasteiger partial charge in [-0.3, -0.25) is 4.40 Å². The fraction of sp³-hybridized carbons (Fsp3) is 0.267. The Morgan fingerprint density at radius 3 is 2.74 bits per heavy atom. The number of nitrogens with zero attached hydrogens (tertiary/aromatic N) is 2. The van der Waals surface area contributed by atoms with Gasteiger partial charge in [-0.1, -0.05) is 29.8 Å². The molecule has 0 saturated carbocycles. The lowest BCUT2D eigenvalue weighted by atomic mass is 10.1. The number of thiazole rings is 1. The number of aromatic nitrogens is 2. The third-order valence-electron chi connectivity index (χ3n) is 3.30. The van der Waals surface area contributed by atoms with Gasteiger partial charge in [-0.05, 0) is 19.4 Å². The van der Waals surface area contributed by atoms with E-state index in [0.717, 1.165) is 23.7 Å². The molecule has 2 heterocycles. The summed E-state index contributed by atoms with van der Waals surface area (Å²) in [4.78, 5) is 5.63. The average Bonchev–Trinajstić information content (AvgIpc) is 2.94. The van der Waals surface area contributed by atoms with Crippen molar-refractivity contribution >= 4 is 16.3 Å². The Kier molecular flexibility index (Phi) is 3.36. The zero-order valence-corrected chi connectivity index (χ0v) is 12.0. The Morgan fingerprint density at radius 2 is 1.95 bits per heavy atom. The normalized spacial score (nSPS) is 11.3. The van der Waals surface area contributed by atoms with Crippen LogP contribution in [-0.4, -0.2) is 9.38 Å². The fourth-order valence-electron chi connectivity index (χ4n) is 2.18. The molecule has 0 spiro atoms. The minimum absolute atomic E-state index is 0.845. The maximum atomic E-state index is 4.55. The molecule has 2 aromatic heterocycles. The molecule has 0 amide bonds. The Hall–Kier alpha value is -1.65. The number of hydrogen-bond acceptors (Lipinski definition) is 3. The van der Waals surface area contributed by atoms with E-state index in [1.807, 2.05) is 0 Å². The predicted octanol–water partition coefficient (Wildman–Crippen LogP) is 3.30. The highest BCUT2D eigenvalue weighted by Gasteiger charge is 2.08. The second kappa shape index (κ2) is 5.15. The van der Waals surface area contributed by atoms with Crippen LogP contribution in [0.5, 0.6) is 0 Å². The number of rotatable bonds is 4. The maximum Gasteiger partial charge on any atom is 0.194 e. The van der Waals surface area contributed by atoms with E-state index in [-0.39, 0.29) is 0 Å². The van der Waals surface area contributed by atoms with Gasteiger partial charge >= 0.3 is 0 Å². The van der Waals surface area contributed by atoms with Gasteiger partial charge in [0.2, 0.25) is 0 Å². The number of fused-ring (bicyclic) bond motifs is 1. The Morgan fingerprint density at radius 1 is 1.16 bits per heavy atom. The van der Waals surface area contributed by atoms with E-state index >= 15 is 0 Å². The highest BCUT2D eigenvalue weighted by molar-refractivity contribution is 7.15. The highest BCUT2D eigenvalue weighted by atomic mass is 32.1. The quantitative estimate of drug-likeness (QED) is 0.789. The summed E-state index contributed by atoms with van der Waals surface area (Å²) in [5, 5.41) is 5.56. The molecule has 19 heavy (non-hydrogen) atoms. The molecule has 98 valence electrons. The molecule has 0 aliphatic rings. The molecule has 0 bridgehead atoms. The van der Waals surface area contributed by atoms with Crippen LogP contribution in [0.25, 0.3) is 4.96 Å². The Labute approximate surface area is 116 Å². The molecule has 3 rings (SSSR count). The molecule has 1 aromatic carbocycles. The molecular formula is C15H17N3S. The van der Waals surface area contributed by atoms with E-state index in [9.17, 15) is 0 Å². The van der Waals surface area contributed by atoms with Crippen molar-refractivity contribution in [3.63, 3.8) is 0 Å². The fourth-order valence-corrected chi connectivity index (χ4v) is 2.96. The van der Waals surface area contributed by atoms with Crippen molar-refractivity contribution in [2.75, 3.05) is 0 Å². The average molecular weight is 271 g/mol. The van der Waals surface area contributed by atoms with Crippen LogP contribution in [0.1, 0.15) is 22.5 Å². The summed E-state index contributed by atoms with van der Waals surface area (Å²) in [6, 6.07) is 8.65. The molecule has 0 atom stereocenters. The number of benzene rings is 1. The van der Waals surface area contributed by atoms with Crippen molar-refractivity contribution in [3.05, 3.63) is 58.4 Å². The first-order chi connectivity index (χ1) is 9.24. The minimum atomic E-state index is 0.845. The van der Waals surface area contributed by atoms with Crippen molar-refractivity contribution in [1.82, 2.24) is 14.7 Å². The first-order valence-electron chi connectivity index (χ1n) is 6.41. The molecule has 3 nitrogen and oxygen atoms in total. The van der Waals surface area contributed by atoms with Gasteiger partial charge in [0.05, 0.1) is 11.4 Å². The van der Waals surface area contributed by atoms with Gasteiger partial charge in [0, 0.05) is 24.7 Å². The summed E-state index contributed by atoms with van der Waals surface area (Å²) < 4.78 is 2.17. The second-order valence-corrected chi connectivity index (χ2v) is 5.66. The molecule has 1 N–H and O–H groups in total. The molecule has 4 heteroatoms. The summed E-state index contributed by atoms with van der Waals surface area (Å²) >= 11 is 1.68. The van der Waals surface area contributed by atoms with Crippen molar-refractivity contribution in [2.24, 2.45) is 0 Å². The number of nitrogens with one attached hydrogen (secondary N) is 1. The first kappa shape index (κ1) is 12.4. The van der Waals surface area contributed by atoms with Crippen molar-refractivity contribution < 1.29 is 0 Å². The van der Waals surface area contributed by atoms with Crippen LogP contribution in [0.15, 0.2) is 35.8 Å². The van der Waals surface area contributed by atoms with Crippen LogP contribution in [0, 0.1) is 13.8 Å². The van der Waals surface area contributed by atoms with Crippen molar-refractivity contribution in [1.29, 1.82) is 0 Å². The van der Waals surface area contributed by atoms with E-state index in [1.165, 1.54) is 16.8 Å². The molecular weight excluding hydrogens is 254 g/mol. The predicted molar refractivity (Wildman–Crippen MR) is 79.5 cm³/mol. The van der Waals surface area contributed by atoms with E-state index in [4.69, 9.17) is 0 Å². The Balaban J connectivity index is 1.67. The summed E-state index contributed by atoms with van der Waals surface area (Å²) in [5.41, 5.74) is 4.98. The Bertz CT molecular complexity index is 679. The van der Waals surface area contributed by atoms with E-state index in [1.54, 1.807) is 11.3 Å². The minimum Gasteiger partial charge on any atom is -0.307 e. The monoisotopic (exact) mass is 271 g/mol. The van der Waals surface area contributed by atoms with Crippen LogP contribution >= 0.6 is 11.3 Å². The van der Waals surface area contributed by atoms with Crippen LogP contribution in [-0.2, 0) is 13.1 Å².